The van der Waals surface area contributed by atoms with E-state index in [0.29, 0.717) is 34.3 Å². The Hall–Kier alpha value is -4.26. The van der Waals surface area contributed by atoms with Crippen molar-refractivity contribution < 1.29 is 37.1 Å². The molecule has 0 aliphatic carbocycles. The van der Waals surface area contributed by atoms with Crippen molar-refractivity contribution in [3.8, 4) is 40.2 Å². The molecule has 0 saturated carbocycles. The molecule has 1 N–H and O–H groups in total. The van der Waals surface area contributed by atoms with Gasteiger partial charge >= 0.3 is 12.1 Å². The van der Waals surface area contributed by atoms with Crippen LogP contribution in [0.3, 0.4) is 0 Å². The second-order valence-electron chi connectivity index (χ2n) is 11.5. The van der Waals surface area contributed by atoms with Crippen LogP contribution in [0.2, 0.25) is 0 Å². The number of hydrogen-bond donors (Lipinski definition) is 1. The number of nitrogens with one attached hydrogen (secondary N) is 1. The molecule has 0 aliphatic rings. The Morgan fingerprint density at radius 1 is 0.953 bits per heavy atom. The van der Waals surface area contributed by atoms with Crippen molar-refractivity contribution in [3.05, 3.63) is 47.9 Å². The topological polar surface area (TPSA) is 152 Å². The number of aryl methyl sites for hydroxylation is 1. The Kier molecular flexibility index (Phi) is 9.24. The quantitative estimate of drug-likeness (QED) is 0.197. The smallest absolute Gasteiger partial charge is 0.408 e. The van der Waals surface area contributed by atoms with E-state index in [1.807, 2.05) is 12.1 Å². The molecule has 0 unspecified atom stereocenters. The number of carbonyl (C=O) groups is 2. The van der Waals surface area contributed by atoms with Crippen molar-refractivity contribution >= 4 is 23.8 Å². The maximum atomic E-state index is 12.8. The Labute approximate surface area is 253 Å². The highest BCUT2D eigenvalue weighted by atomic mass is 32.2. The molecule has 43 heavy (non-hydrogen) atoms. The highest BCUT2D eigenvalue weighted by molar-refractivity contribution is 8.00. The van der Waals surface area contributed by atoms with Gasteiger partial charge in [0.15, 0.2) is 22.8 Å². The number of thioether (sulfide) groups is 1. The molecule has 3 heterocycles. The van der Waals surface area contributed by atoms with Gasteiger partial charge in [0.05, 0.1) is 14.2 Å². The minimum absolute atomic E-state index is 0.00324. The van der Waals surface area contributed by atoms with Gasteiger partial charge in [-0.3, -0.25) is 0 Å². The molecular formula is C30H36N4O8S. The lowest BCUT2D eigenvalue weighted by atomic mass is 10.1. The number of nitrogens with zero attached hydrogens (tertiary/aromatic N) is 3. The van der Waals surface area contributed by atoms with Gasteiger partial charge < -0.3 is 32.8 Å². The van der Waals surface area contributed by atoms with Crippen molar-refractivity contribution in [2.45, 2.75) is 64.9 Å². The van der Waals surface area contributed by atoms with Gasteiger partial charge in [-0.15, -0.1) is 0 Å². The molecule has 3 aromatic heterocycles. The molecule has 1 atom stereocenters. The molecule has 12 nitrogen and oxygen atoms in total. The summed E-state index contributed by atoms with van der Waals surface area (Å²) in [5.74, 6) is 1.67. The van der Waals surface area contributed by atoms with Crippen LogP contribution < -0.4 is 10.1 Å². The predicted molar refractivity (Wildman–Crippen MR) is 160 cm³/mol. The van der Waals surface area contributed by atoms with Gasteiger partial charge in [0, 0.05) is 16.1 Å². The number of oxazole rings is 3. The van der Waals surface area contributed by atoms with E-state index in [4.69, 9.17) is 32.4 Å². The number of rotatable bonds is 9. The van der Waals surface area contributed by atoms with Crippen molar-refractivity contribution in [3.63, 3.8) is 0 Å². The minimum Gasteiger partial charge on any atom is -0.497 e. The van der Waals surface area contributed by atoms with E-state index in [0.717, 1.165) is 0 Å². The average molecular weight is 613 g/mol. The van der Waals surface area contributed by atoms with Crippen LogP contribution in [-0.4, -0.2) is 57.3 Å². The SMILES string of the molecule is COC(=O)c1coc(-c2nc(-c3nc([C@H](CSC(C)(C)C)NC(=O)OC(C)(C)C)oc3-c3ccc(OC)cc3)oc2C)n1. The molecule has 230 valence electrons. The van der Waals surface area contributed by atoms with Crippen molar-refractivity contribution in [2.24, 2.45) is 0 Å². The van der Waals surface area contributed by atoms with E-state index in [2.05, 4.69) is 36.1 Å². The van der Waals surface area contributed by atoms with Gasteiger partial charge in [0.1, 0.15) is 29.4 Å². The fourth-order valence-electron chi connectivity index (χ4n) is 3.80. The van der Waals surface area contributed by atoms with Crippen LogP contribution in [-0.2, 0) is 9.47 Å². The molecule has 1 aromatic carbocycles. The molecular weight excluding hydrogens is 576 g/mol. The molecule has 4 aromatic rings. The highest BCUT2D eigenvalue weighted by Gasteiger charge is 2.31. The van der Waals surface area contributed by atoms with E-state index in [1.54, 1.807) is 58.7 Å². The molecule has 0 radical (unpaired) electrons. The Morgan fingerprint density at radius 3 is 2.26 bits per heavy atom. The highest BCUT2D eigenvalue weighted by Crippen LogP contribution is 2.38. The second kappa shape index (κ2) is 12.5. The molecule has 0 fully saturated rings. The van der Waals surface area contributed by atoms with Crippen molar-refractivity contribution in [1.29, 1.82) is 0 Å². The zero-order valence-corrected chi connectivity index (χ0v) is 26.5. The fraction of sp³-hybridized carbons (Fsp3) is 0.433. The van der Waals surface area contributed by atoms with Crippen LogP contribution in [0.4, 0.5) is 4.79 Å². The van der Waals surface area contributed by atoms with Crippen LogP contribution >= 0.6 is 11.8 Å². The average Bonchev–Trinajstić information content (AvgIpc) is 3.67. The van der Waals surface area contributed by atoms with Gasteiger partial charge in [0.2, 0.25) is 17.7 Å². The number of carbonyl (C=O) groups excluding carboxylic acids is 2. The van der Waals surface area contributed by atoms with E-state index in [-0.39, 0.29) is 33.8 Å². The summed E-state index contributed by atoms with van der Waals surface area (Å²) in [6.07, 6.45) is 0.587. The van der Waals surface area contributed by atoms with Gasteiger partial charge in [-0.05, 0) is 52.0 Å². The Balaban J connectivity index is 1.80. The zero-order chi connectivity index (χ0) is 31.5. The van der Waals surface area contributed by atoms with Crippen molar-refractivity contribution in [2.75, 3.05) is 20.0 Å². The van der Waals surface area contributed by atoms with Crippen molar-refractivity contribution in [1.82, 2.24) is 20.3 Å². The normalized spacial score (nSPS) is 12.6. The molecule has 0 saturated heterocycles. The van der Waals surface area contributed by atoms with Gasteiger partial charge in [0.25, 0.3) is 0 Å². The maximum Gasteiger partial charge on any atom is 0.408 e. The molecule has 0 bridgehead atoms. The number of hydrogen-bond acceptors (Lipinski definition) is 12. The second-order valence-corrected chi connectivity index (χ2v) is 13.4. The number of amides is 1. The number of benzene rings is 1. The predicted octanol–water partition coefficient (Wildman–Crippen LogP) is 6.85. The first kappa shape index (κ1) is 31.7. The van der Waals surface area contributed by atoms with Crippen LogP contribution in [0.25, 0.3) is 34.5 Å². The third kappa shape index (κ3) is 7.98. The van der Waals surface area contributed by atoms with Gasteiger partial charge in [-0.1, -0.05) is 20.8 Å². The molecule has 0 spiro atoms. The largest absolute Gasteiger partial charge is 0.497 e. The fourth-order valence-corrected chi connectivity index (χ4v) is 4.70. The van der Waals surface area contributed by atoms with Gasteiger partial charge in [-0.25, -0.2) is 24.5 Å². The van der Waals surface area contributed by atoms with Gasteiger partial charge in [-0.2, -0.15) is 11.8 Å². The first-order chi connectivity index (χ1) is 20.2. The molecule has 1 amide bonds. The Morgan fingerprint density at radius 2 is 1.65 bits per heavy atom. The molecule has 4 rings (SSSR count). The number of ether oxygens (including phenoxy) is 3. The lowest BCUT2D eigenvalue weighted by Gasteiger charge is -2.24. The standard InChI is InChI=1S/C30H36N4O8S/c1-16-21(25-31-19(14-39-25)27(35)38-9)33-26(40-16)22-23(17-10-12-18(37-8)13-11-17)41-24(34-22)20(15-43-30(5,6)7)32-28(36)42-29(2,3)4/h10-14,20H,15H2,1-9H3,(H,32,36)/t20-/m0/s1. The summed E-state index contributed by atoms with van der Waals surface area (Å²) >= 11 is 1.63. The number of alkyl carbamates (subject to hydrolysis) is 1. The first-order valence-corrected chi connectivity index (χ1v) is 14.5. The van der Waals surface area contributed by atoms with E-state index in [9.17, 15) is 9.59 Å². The van der Waals surface area contributed by atoms with Crippen LogP contribution in [0.1, 0.15) is 69.7 Å². The molecule has 0 aliphatic heterocycles. The van der Waals surface area contributed by atoms with E-state index < -0.39 is 23.7 Å². The lowest BCUT2D eigenvalue weighted by molar-refractivity contribution is 0.0501. The first-order valence-electron chi connectivity index (χ1n) is 13.5. The summed E-state index contributed by atoms with van der Waals surface area (Å²) in [6.45, 7) is 13.3. The summed E-state index contributed by atoms with van der Waals surface area (Å²) in [7, 11) is 2.84. The lowest BCUT2D eigenvalue weighted by Crippen LogP contribution is -2.36. The number of methoxy groups -OCH3 is 2. The number of aromatic nitrogens is 3. The summed E-state index contributed by atoms with van der Waals surface area (Å²) in [6, 6.07) is 6.58. The summed E-state index contributed by atoms with van der Waals surface area (Å²) in [5, 5.41) is 2.91. The van der Waals surface area contributed by atoms with Crippen LogP contribution in [0, 0.1) is 6.92 Å². The summed E-state index contributed by atoms with van der Waals surface area (Å²) < 4.78 is 33.3. The summed E-state index contributed by atoms with van der Waals surface area (Å²) in [4.78, 5) is 38.3. The minimum atomic E-state index is -0.693. The van der Waals surface area contributed by atoms with E-state index in [1.165, 1.54) is 13.4 Å². The van der Waals surface area contributed by atoms with Crippen LogP contribution in [0.15, 0.2) is 43.8 Å². The summed E-state index contributed by atoms with van der Waals surface area (Å²) in [5.41, 5.74) is 0.557. The molecule has 13 heteroatoms. The number of esters is 1. The third-order valence-electron chi connectivity index (χ3n) is 5.77. The van der Waals surface area contributed by atoms with E-state index >= 15 is 0 Å². The monoisotopic (exact) mass is 612 g/mol. The zero-order valence-electron chi connectivity index (χ0n) is 25.7. The maximum absolute atomic E-state index is 12.8. The Bertz CT molecular complexity index is 1570. The van der Waals surface area contributed by atoms with Crippen LogP contribution in [0.5, 0.6) is 5.75 Å². The third-order valence-corrected chi connectivity index (χ3v) is 7.13.